The molecule has 0 saturated carbocycles. The van der Waals surface area contributed by atoms with Crippen molar-refractivity contribution in [1.82, 2.24) is 20.2 Å². The van der Waals surface area contributed by atoms with E-state index in [0.717, 1.165) is 40.1 Å². The molecule has 1 aromatic heterocycles. The summed E-state index contributed by atoms with van der Waals surface area (Å²) in [6.07, 6.45) is 3.53. The summed E-state index contributed by atoms with van der Waals surface area (Å²) in [7, 11) is 3.72. The minimum absolute atomic E-state index is 0.0439. The van der Waals surface area contributed by atoms with E-state index in [9.17, 15) is 9.18 Å². The zero-order chi connectivity index (χ0) is 36.3. The van der Waals surface area contributed by atoms with E-state index in [4.69, 9.17) is 31.6 Å². The van der Waals surface area contributed by atoms with E-state index < -0.39 is 17.1 Å². The van der Waals surface area contributed by atoms with E-state index in [1.807, 2.05) is 32.0 Å². The molecule has 0 amide bonds. The molecule has 49 heavy (non-hydrogen) atoms. The summed E-state index contributed by atoms with van der Waals surface area (Å²) < 4.78 is 19.5. The summed E-state index contributed by atoms with van der Waals surface area (Å²) in [4.78, 5) is 29.1. The van der Waals surface area contributed by atoms with Crippen LogP contribution in [0.15, 0.2) is 48.8 Å². The number of Topliss-reactive ketones (excluding diaryl/α,β-unsaturated/α-hetero) is 1. The first kappa shape index (κ1) is 39.7. The van der Waals surface area contributed by atoms with Gasteiger partial charge in [-0.15, -0.1) is 0 Å². The number of likely N-dealkylation sites (tertiary alicyclic amines) is 1. The standard InChI is InChI=1S/C29H33ClFN5O2.C5H11N.C2H3N.C2H6/c1-17(2)24-14-32-29(4,26(37)18(3)31)16-36(24)27-20-12-13-35(15-22(20)33-28(34-27)38-5)23-11-7-9-19-8-6-10-21(30)25(19)23;1-6-4-2-3-5-6;1-2-3;1-2/h6-11,17,24,32H,3,12-16H2,1-2,4-5H3;2-5H2,1H3;1H3;1-2H3. The molecule has 2 aromatic carbocycles. The molecule has 6 rings (SSSR count). The van der Waals surface area contributed by atoms with Gasteiger partial charge in [0.05, 0.1) is 36.0 Å². The van der Waals surface area contributed by atoms with Gasteiger partial charge in [0.15, 0.2) is 5.83 Å². The van der Waals surface area contributed by atoms with Crippen molar-refractivity contribution in [2.45, 2.75) is 78.9 Å². The van der Waals surface area contributed by atoms with Crippen LogP contribution in [-0.2, 0) is 17.8 Å². The van der Waals surface area contributed by atoms with Gasteiger partial charge in [-0.3, -0.25) is 4.79 Å². The number of rotatable bonds is 6. The highest BCUT2D eigenvalue weighted by Gasteiger charge is 2.44. The average Bonchev–Trinajstić information content (AvgIpc) is 3.59. The summed E-state index contributed by atoms with van der Waals surface area (Å²) in [5.74, 6) is -0.593. The first-order valence-electron chi connectivity index (χ1n) is 17.2. The van der Waals surface area contributed by atoms with Gasteiger partial charge in [-0.2, -0.15) is 15.2 Å². The predicted molar refractivity (Wildman–Crippen MR) is 199 cm³/mol. The van der Waals surface area contributed by atoms with Crippen molar-refractivity contribution >= 4 is 39.7 Å². The maximum atomic E-state index is 14.0. The van der Waals surface area contributed by atoms with E-state index in [0.29, 0.717) is 24.5 Å². The van der Waals surface area contributed by atoms with Crippen molar-refractivity contribution in [2.24, 2.45) is 5.92 Å². The summed E-state index contributed by atoms with van der Waals surface area (Å²) in [5.41, 5.74) is 1.82. The second-order valence-electron chi connectivity index (χ2n) is 12.9. The zero-order valence-electron chi connectivity index (χ0n) is 30.4. The molecule has 2 fully saturated rings. The van der Waals surface area contributed by atoms with Crippen LogP contribution in [0.25, 0.3) is 10.8 Å². The molecule has 2 atom stereocenters. The molecule has 266 valence electrons. The molecule has 0 radical (unpaired) electrons. The van der Waals surface area contributed by atoms with Crippen LogP contribution in [-0.4, -0.2) is 79.1 Å². The van der Waals surface area contributed by atoms with Crippen molar-refractivity contribution in [2.75, 3.05) is 56.7 Å². The number of piperazine rings is 1. The van der Waals surface area contributed by atoms with Crippen LogP contribution in [0.1, 0.15) is 65.6 Å². The van der Waals surface area contributed by atoms with Crippen LogP contribution in [0.3, 0.4) is 0 Å². The summed E-state index contributed by atoms with van der Waals surface area (Å²) in [5, 5.41) is 13.4. The minimum Gasteiger partial charge on any atom is -0.467 e. The number of anilines is 2. The minimum atomic E-state index is -1.12. The smallest absolute Gasteiger partial charge is 0.318 e. The quantitative estimate of drug-likeness (QED) is 0.266. The van der Waals surface area contributed by atoms with Crippen LogP contribution in [0.2, 0.25) is 5.02 Å². The number of nitrogens with zero attached hydrogens (tertiary/aromatic N) is 6. The Hall–Kier alpha value is -3.78. The number of carbonyl (C=O) groups excluding carboxylic acids is 1. The van der Waals surface area contributed by atoms with Gasteiger partial charge < -0.3 is 24.8 Å². The molecule has 1 N–H and O–H groups in total. The number of nitriles is 1. The lowest BCUT2D eigenvalue weighted by atomic mass is 9.87. The molecule has 0 bridgehead atoms. The average molecular weight is 694 g/mol. The third kappa shape index (κ3) is 9.47. The van der Waals surface area contributed by atoms with Crippen molar-refractivity contribution in [3.63, 3.8) is 0 Å². The highest BCUT2D eigenvalue weighted by atomic mass is 35.5. The highest BCUT2D eigenvalue weighted by Crippen LogP contribution is 2.38. The van der Waals surface area contributed by atoms with Gasteiger partial charge in [-0.05, 0) is 69.8 Å². The van der Waals surface area contributed by atoms with Gasteiger partial charge in [-0.25, -0.2) is 4.39 Å². The van der Waals surface area contributed by atoms with Gasteiger partial charge in [-0.1, -0.05) is 70.1 Å². The van der Waals surface area contributed by atoms with Crippen molar-refractivity contribution in [3.05, 3.63) is 65.1 Å². The molecule has 9 nitrogen and oxygen atoms in total. The fraction of sp³-hybridized carbons (Fsp3) is 0.526. The van der Waals surface area contributed by atoms with Crippen molar-refractivity contribution in [3.8, 4) is 12.1 Å². The van der Waals surface area contributed by atoms with Crippen LogP contribution in [0, 0.1) is 17.2 Å². The lowest BCUT2D eigenvalue weighted by Crippen LogP contribution is -2.68. The van der Waals surface area contributed by atoms with Crippen LogP contribution < -0.4 is 19.9 Å². The van der Waals surface area contributed by atoms with E-state index in [1.165, 1.54) is 32.9 Å². The fourth-order valence-electron chi connectivity index (χ4n) is 6.57. The van der Waals surface area contributed by atoms with Gasteiger partial charge >= 0.3 is 6.01 Å². The summed E-state index contributed by atoms with van der Waals surface area (Å²) in [6, 6.07) is 14.2. The number of fused-ring (bicyclic) bond motifs is 2. The monoisotopic (exact) mass is 693 g/mol. The fourth-order valence-corrected chi connectivity index (χ4v) is 6.85. The molecule has 11 heteroatoms. The molecule has 0 spiro atoms. The molecule has 4 heterocycles. The molecule has 3 aromatic rings. The molecule has 0 aliphatic carbocycles. The number of aromatic nitrogens is 2. The summed E-state index contributed by atoms with van der Waals surface area (Å²) in [6.45, 7) is 19.4. The Kier molecular flexibility index (Phi) is 14.8. The maximum absolute atomic E-state index is 14.0. The molecular weight excluding hydrogens is 641 g/mol. The Bertz CT molecular complexity index is 1620. The number of benzene rings is 2. The van der Waals surface area contributed by atoms with Crippen LogP contribution >= 0.6 is 11.6 Å². The Labute approximate surface area is 297 Å². The van der Waals surface area contributed by atoms with Gasteiger partial charge in [0.25, 0.3) is 0 Å². The number of ether oxygens (including phenoxy) is 1. The first-order valence-corrected chi connectivity index (χ1v) is 17.6. The largest absolute Gasteiger partial charge is 0.467 e. The normalized spacial score (nSPS) is 20.1. The topological polar surface area (TPSA) is 97.6 Å². The molecule has 2 saturated heterocycles. The van der Waals surface area contributed by atoms with E-state index in [2.05, 4.69) is 65.7 Å². The number of halogens is 2. The lowest BCUT2D eigenvalue weighted by molar-refractivity contribution is -0.122. The second-order valence-corrected chi connectivity index (χ2v) is 13.3. The zero-order valence-corrected chi connectivity index (χ0v) is 31.2. The molecule has 3 aliphatic heterocycles. The first-order chi connectivity index (χ1) is 23.4. The molecule has 2 unspecified atom stereocenters. The number of methoxy groups -OCH3 is 1. The Morgan fingerprint density at radius 1 is 1.16 bits per heavy atom. The SMILES string of the molecule is C=C(F)C(=O)C1(C)CN(c2nc(OC)nc3c2CCN(c2cccc4cccc(Cl)c24)C3)C(C(C)C)CN1.CC.CC#N.CN1CCCC1. The number of hydrogen-bond acceptors (Lipinski definition) is 9. The second kappa shape index (κ2) is 18.3. The van der Waals surface area contributed by atoms with Crippen LogP contribution in [0.5, 0.6) is 6.01 Å². The number of carbonyl (C=O) groups is 1. The van der Waals surface area contributed by atoms with E-state index in [1.54, 1.807) is 20.1 Å². The molecule has 3 aliphatic rings. The highest BCUT2D eigenvalue weighted by molar-refractivity contribution is 6.36. The van der Waals surface area contributed by atoms with Crippen LogP contribution in [0.4, 0.5) is 15.9 Å². The number of ketones is 1. The Morgan fingerprint density at radius 3 is 2.35 bits per heavy atom. The maximum Gasteiger partial charge on any atom is 0.318 e. The van der Waals surface area contributed by atoms with Gasteiger partial charge in [0.1, 0.15) is 5.82 Å². The third-order valence-corrected chi connectivity index (χ3v) is 9.40. The summed E-state index contributed by atoms with van der Waals surface area (Å²) >= 11 is 6.63. The van der Waals surface area contributed by atoms with Crippen molar-refractivity contribution in [1.29, 1.82) is 5.26 Å². The lowest BCUT2D eigenvalue weighted by Gasteiger charge is -2.48. The third-order valence-electron chi connectivity index (χ3n) is 9.08. The van der Waals surface area contributed by atoms with Gasteiger partial charge in [0.2, 0.25) is 5.78 Å². The van der Waals surface area contributed by atoms with E-state index in [-0.39, 0.29) is 24.5 Å². The Morgan fingerprint density at radius 2 is 1.80 bits per heavy atom. The number of hydrogen-bond donors (Lipinski definition) is 1. The molecular formula is C38H53ClFN7O2. The van der Waals surface area contributed by atoms with Gasteiger partial charge in [0, 0.05) is 49.2 Å². The Balaban J connectivity index is 0.000000513. The predicted octanol–water partition coefficient (Wildman–Crippen LogP) is 7.37. The van der Waals surface area contributed by atoms with E-state index >= 15 is 0 Å². The number of nitrogens with one attached hydrogen (secondary N) is 1. The van der Waals surface area contributed by atoms with Crippen molar-refractivity contribution < 1.29 is 13.9 Å².